The van der Waals surface area contributed by atoms with E-state index in [2.05, 4.69) is 88.8 Å². The van der Waals surface area contributed by atoms with Crippen LogP contribution in [-0.4, -0.2) is 46.1 Å². The van der Waals surface area contributed by atoms with Gasteiger partial charge in [0.25, 0.3) is 0 Å². The fourth-order valence-corrected chi connectivity index (χ4v) is 9.61. The Morgan fingerprint density at radius 2 is 1.41 bits per heavy atom. The zero-order valence-corrected chi connectivity index (χ0v) is 33.7. The van der Waals surface area contributed by atoms with E-state index in [0.717, 1.165) is 36.7 Å². The first kappa shape index (κ1) is 38.7. The molecule has 0 N–H and O–H groups in total. The summed E-state index contributed by atoms with van der Waals surface area (Å²) in [5.74, 6) is 0.850. The van der Waals surface area contributed by atoms with E-state index in [1.165, 1.54) is 44.8 Å². The molecule has 0 amide bonds. The van der Waals surface area contributed by atoms with Crippen LogP contribution in [0, 0.1) is 48.2 Å². The van der Waals surface area contributed by atoms with Gasteiger partial charge in [-0.2, -0.15) is 6.67 Å². The molecule has 3 aromatic carbocycles. The maximum absolute atomic E-state index is 5.82. The van der Waals surface area contributed by atoms with E-state index in [4.69, 9.17) is 33.0 Å². The second-order valence-corrected chi connectivity index (χ2v) is 22.1. The molecule has 1 fully saturated rings. The standard InChI is InChI=1S/C27H41N2O2Si.C10H12O.2ClH.Ru/c1-19-13-21(3)26(22(4)14-19)28-17-25(11-10-12-32(9,30-7)31-8)29(18-28)27-23(5)15-20(2)16-24(27)6;1-8(2)11-10-7-5-4-6-9(10)3;;;/h13-16,18,25H,10-12,17H2,1-9H3;3-8H,1-2H3;2*1H;/q-1;;;;+2/p-2. The van der Waals surface area contributed by atoms with Crippen LogP contribution in [0.5, 0.6) is 5.75 Å². The molecule has 1 aliphatic rings. The SMILES string of the molecule is CC(C)Oc1ccccc1[CH]=[Ru]([Cl])[Cl].CO[Si](C)(CCCC1CN(c2c(C)cc(C)cc2C)[CH-]N1c1c(C)cc(C)cc1C)OC. The first-order valence-corrected chi connectivity index (χ1v) is 23.9. The Bertz CT molecular complexity index is 1450. The molecule has 1 saturated heterocycles. The van der Waals surface area contributed by atoms with E-state index < -0.39 is 22.1 Å². The van der Waals surface area contributed by atoms with Crippen molar-refractivity contribution in [1.82, 2.24) is 0 Å². The number of anilines is 2. The molecular formula is C37H53Cl2N2O3RuSi-. The molecule has 3 aromatic rings. The number of halogens is 2. The quantitative estimate of drug-likeness (QED) is 0.143. The monoisotopic (exact) mass is 773 g/mol. The van der Waals surface area contributed by atoms with Crippen molar-refractivity contribution < 1.29 is 27.1 Å². The summed E-state index contributed by atoms with van der Waals surface area (Å²) in [6, 6.07) is 18.4. The first-order valence-electron chi connectivity index (χ1n) is 15.9. The Kier molecular flexibility index (Phi) is 14.8. The van der Waals surface area contributed by atoms with E-state index in [1.807, 2.05) is 42.7 Å². The minimum atomic E-state index is -2.05. The number of aryl methyl sites for hydroxylation is 6. The van der Waals surface area contributed by atoms with E-state index in [-0.39, 0.29) is 6.10 Å². The minimum absolute atomic E-state index is 0.163. The summed E-state index contributed by atoms with van der Waals surface area (Å²) in [5.41, 5.74) is 11.7. The van der Waals surface area contributed by atoms with Crippen LogP contribution in [0.2, 0.25) is 12.6 Å². The van der Waals surface area contributed by atoms with Gasteiger partial charge in [-0.25, -0.2) is 0 Å². The van der Waals surface area contributed by atoms with Crippen molar-refractivity contribution in [1.29, 1.82) is 0 Å². The van der Waals surface area contributed by atoms with Gasteiger partial charge < -0.3 is 18.7 Å². The van der Waals surface area contributed by atoms with Gasteiger partial charge in [0, 0.05) is 38.2 Å². The van der Waals surface area contributed by atoms with Gasteiger partial charge in [-0.05, 0) is 89.2 Å². The number of nitrogens with zero attached hydrogens (tertiary/aromatic N) is 2. The predicted molar refractivity (Wildman–Crippen MR) is 198 cm³/mol. The van der Waals surface area contributed by atoms with Crippen LogP contribution in [0.3, 0.4) is 0 Å². The fraction of sp³-hybridized carbons (Fsp3) is 0.459. The maximum Gasteiger partial charge on any atom is 0.334 e. The van der Waals surface area contributed by atoms with Crippen LogP contribution >= 0.6 is 19.4 Å². The third kappa shape index (κ3) is 10.6. The van der Waals surface area contributed by atoms with Gasteiger partial charge in [0.1, 0.15) is 0 Å². The first-order chi connectivity index (χ1) is 21.7. The molecule has 1 aliphatic heterocycles. The molecule has 1 unspecified atom stereocenters. The van der Waals surface area contributed by atoms with Crippen LogP contribution in [0.15, 0.2) is 48.5 Å². The number of ether oxygens (including phenoxy) is 1. The molecule has 46 heavy (non-hydrogen) atoms. The molecule has 0 radical (unpaired) electrons. The summed E-state index contributed by atoms with van der Waals surface area (Å²) in [6.45, 7) is 22.8. The molecule has 256 valence electrons. The van der Waals surface area contributed by atoms with E-state index in [9.17, 15) is 0 Å². The van der Waals surface area contributed by atoms with Crippen molar-refractivity contribution in [3.63, 3.8) is 0 Å². The molecular weight excluding hydrogens is 720 g/mol. The predicted octanol–water partition coefficient (Wildman–Crippen LogP) is 10.0. The van der Waals surface area contributed by atoms with Gasteiger partial charge in [0.15, 0.2) is 0 Å². The van der Waals surface area contributed by atoms with Crippen LogP contribution in [-0.2, 0) is 22.4 Å². The Balaban J connectivity index is 0.000000344. The topological polar surface area (TPSA) is 34.2 Å². The van der Waals surface area contributed by atoms with Crippen molar-refractivity contribution in [2.45, 2.75) is 93.0 Å². The van der Waals surface area contributed by atoms with Crippen molar-refractivity contribution >= 4 is 43.9 Å². The number of rotatable bonds is 11. The fourth-order valence-electron chi connectivity index (χ4n) is 6.39. The smallest absolute Gasteiger partial charge is 0.334 e. The summed E-state index contributed by atoms with van der Waals surface area (Å²) < 4.78 is 19.0. The zero-order valence-electron chi connectivity index (χ0n) is 29.5. The summed E-state index contributed by atoms with van der Waals surface area (Å²) in [5, 5.41) is 0. The van der Waals surface area contributed by atoms with Crippen LogP contribution in [0.4, 0.5) is 11.4 Å². The second-order valence-electron chi connectivity index (χ2n) is 12.8. The van der Waals surface area contributed by atoms with Gasteiger partial charge in [-0.3, -0.25) is 0 Å². The average molecular weight is 774 g/mol. The molecule has 0 saturated carbocycles. The largest absolute Gasteiger partial charge is 0.501 e. The van der Waals surface area contributed by atoms with Crippen LogP contribution in [0.25, 0.3) is 0 Å². The van der Waals surface area contributed by atoms with E-state index >= 15 is 0 Å². The maximum atomic E-state index is 5.82. The molecule has 0 bridgehead atoms. The Morgan fingerprint density at radius 1 is 0.891 bits per heavy atom. The van der Waals surface area contributed by atoms with Crippen molar-refractivity contribution in [3.8, 4) is 5.75 Å². The van der Waals surface area contributed by atoms with Crippen LogP contribution < -0.4 is 14.5 Å². The van der Waals surface area contributed by atoms with Crippen molar-refractivity contribution in [2.24, 2.45) is 0 Å². The van der Waals surface area contributed by atoms with E-state index in [1.54, 1.807) is 14.2 Å². The molecule has 1 heterocycles. The Morgan fingerprint density at radius 3 is 1.91 bits per heavy atom. The van der Waals surface area contributed by atoms with Crippen molar-refractivity contribution in [2.75, 3.05) is 30.6 Å². The third-order valence-electron chi connectivity index (χ3n) is 8.38. The minimum Gasteiger partial charge on any atom is -0.501 e. The van der Waals surface area contributed by atoms with E-state index in [0.29, 0.717) is 6.04 Å². The summed E-state index contributed by atoms with van der Waals surface area (Å²) in [4.78, 5) is 5.00. The van der Waals surface area contributed by atoms with Crippen molar-refractivity contribution in [3.05, 3.63) is 94.1 Å². The number of hydrogen-bond acceptors (Lipinski definition) is 5. The third-order valence-corrected chi connectivity index (χ3v) is 13.2. The second kappa shape index (κ2) is 17.6. The average Bonchev–Trinajstić information content (AvgIpc) is 3.35. The molecule has 0 aliphatic carbocycles. The molecule has 0 spiro atoms. The molecule has 9 heteroatoms. The summed E-state index contributed by atoms with van der Waals surface area (Å²) in [7, 11) is 13.2. The van der Waals surface area contributed by atoms with Gasteiger partial charge in [0.05, 0.1) is 0 Å². The summed E-state index contributed by atoms with van der Waals surface area (Å²) in [6.07, 6.45) is 2.37. The summed E-state index contributed by atoms with van der Waals surface area (Å²) >= 11 is -1.77. The number of benzene rings is 3. The zero-order chi connectivity index (χ0) is 34.2. The number of para-hydroxylation sites is 1. The molecule has 0 aromatic heterocycles. The Labute approximate surface area is 292 Å². The molecule has 1 atom stereocenters. The molecule has 5 nitrogen and oxygen atoms in total. The van der Waals surface area contributed by atoms with Gasteiger partial charge in [-0.15, -0.1) is 0 Å². The van der Waals surface area contributed by atoms with Gasteiger partial charge in [-0.1, -0.05) is 35.4 Å². The Hall–Kier alpha value is -1.73. The number of hydrogen-bond donors (Lipinski definition) is 0. The van der Waals surface area contributed by atoms with Gasteiger partial charge >= 0.3 is 106 Å². The molecule has 4 rings (SSSR count). The normalized spacial score (nSPS) is 15.2. The van der Waals surface area contributed by atoms with Gasteiger partial charge in [0.2, 0.25) is 0 Å². The van der Waals surface area contributed by atoms with Crippen LogP contribution in [0.1, 0.15) is 65.6 Å².